The van der Waals surface area contributed by atoms with Gasteiger partial charge < -0.3 is 35.3 Å². The number of alkyl carbamates (subject to hydrolysis) is 1. The van der Waals surface area contributed by atoms with Crippen LogP contribution in [0.2, 0.25) is 0 Å². The number of nitrogens with one attached hydrogen (secondary N) is 2. The van der Waals surface area contributed by atoms with Gasteiger partial charge in [-0.05, 0) is 40.0 Å². The molecule has 0 bridgehead atoms. The van der Waals surface area contributed by atoms with Gasteiger partial charge in [0.05, 0.1) is 25.2 Å². The van der Waals surface area contributed by atoms with Gasteiger partial charge in [0, 0.05) is 20.2 Å². The normalized spacial score (nSPS) is 36.7. The predicted octanol–water partition coefficient (Wildman–Crippen LogP) is 0.864. The number of carbonyl (C=O) groups is 2. The Morgan fingerprint density at radius 3 is 2.57 bits per heavy atom. The van der Waals surface area contributed by atoms with Gasteiger partial charge in [-0.25, -0.2) is 4.79 Å². The summed E-state index contributed by atoms with van der Waals surface area (Å²) >= 11 is 0. The maximum atomic E-state index is 12.3. The zero-order valence-electron chi connectivity index (χ0n) is 18.4. The molecule has 3 rings (SSSR count). The van der Waals surface area contributed by atoms with Crippen LogP contribution < -0.4 is 16.4 Å². The lowest BCUT2D eigenvalue weighted by Crippen LogP contribution is -2.56. The van der Waals surface area contributed by atoms with E-state index in [-0.39, 0.29) is 48.3 Å². The fourth-order valence-electron chi connectivity index (χ4n) is 4.69. The number of hydrogen-bond donors (Lipinski definition) is 3. The van der Waals surface area contributed by atoms with Crippen molar-refractivity contribution in [3.63, 3.8) is 0 Å². The number of allylic oxidation sites excluding steroid dienone is 1. The molecule has 6 atom stereocenters. The van der Waals surface area contributed by atoms with Gasteiger partial charge >= 0.3 is 6.09 Å². The molecular formula is C21H35N3O6. The quantitative estimate of drug-likeness (QED) is 0.284. The Kier molecular flexibility index (Phi) is 7.06. The molecule has 1 aliphatic carbocycles. The highest BCUT2D eigenvalue weighted by Crippen LogP contribution is 2.59. The molecule has 2 aliphatic heterocycles. The topological polar surface area (TPSA) is 128 Å². The first-order chi connectivity index (χ1) is 14.3. The summed E-state index contributed by atoms with van der Waals surface area (Å²) in [6, 6.07) is 0. The summed E-state index contributed by atoms with van der Waals surface area (Å²) in [5.74, 6) is -0.282. The van der Waals surface area contributed by atoms with Crippen LogP contribution in [0.5, 0.6) is 0 Å². The van der Waals surface area contributed by atoms with Crippen molar-refractivity contribution in [2.75, 3.05) is 33.4 Å². The number of epoxide rings is 2. The van der Waals surface area contributed by atoms with Crippen molar-refractivity contribution >= 4 is 12.0 Å². The third kappa shape index (κ3) is 4.96. The molecule has 3 aliphatic rings. The van der Waals surface area contributed by atoms with E-state index in [4.69, 9.17) is 24.7 Å². The molecule has 1 spiro atoms. The Balaban J connectivity index is 1.59. The first-order valence-corrected chi connectivity index (χ1v) is 10.6. The second kappa shape index (κ2) is 9.21. The van der Waals surface area contributed by atoms with Crippen molar-refractivity contribution < 1.29 is 28.5 Å². The second-order valence-electron chi connectivity index (χ2n) is 8.80. The lowest BCUT2D eigenvalue weighted by Gasteiger charge is -2.42. The minimum atomic E-state index is -0.529. The average Bonchev–Trinajstić information content (AvgIpc) is 3.62. The van der Waals surface area contributed by atoms with E-state index in [9.17, 15) is 9.59 Å². The van der Waals surface area contributed by atoms with Gasteiger partial charge in [0.2, 0.25) is 5.91 Å². The zero-order chi connectivity index (χ0) is 21.9. The van der Waals surface area contributed by atoms with Crippen LogP contribution in [0.25, 0.3) is 0 Å². The molecule has 4 unspecified atom stereocenters. The van der Waals surface area contributed by atoms with Crippen LogP contribution in [-0.4, -0.2) is 74.9 Å². The van der Waals surface area contributed by atoms with E-state index in [2.05, 4.69) is 37.5 Å². The number of ether oxygens (including phenoxy) is 4. The fourth-order valence-corrected chi connectivity index (χ4v) is 4.69. The highest BCUT2D eigenvalue weighted by atomic mass is 16.6. The summed E-state index contributed by atoms with van der Waals surface area (Å²) in [7, 11) is 1.65. The smallest absolute Gasteiger partial charge is 0.407 e. The van der Waals surface area contributed by atoms with E-state index in [0.29, 0.717) is 19.6 Å². The maximum Gasteiger partial charge on any atom is 0.407 e. The van der Waals surface area contributed by atoms with Gasteiger partial charge in [0.15, 0.2) is 0 Å². The molecule has 9 heteroatoms. The number of carbonyl (C=O) groups excluding carboxylic acids is 2. The molecule has 0 aromatic carbocycles. The van der Waals surface area contributed by atoms with E-state index < -0.39 is 12.2 Å². The van der Waals surface area contributed by atoms with Crippen molar-refractivity contribution in [3.8, 4) is 0 Å². The van der Waals surface area contributed by atoms with Gasteiger partial charge in [-0.2, -0.15) is 0 Å². The first-order valence-electron chi connectivity index (χ1n) is 10.6. The number of nitrogens with two attached hydrogens (primary N) is 1. The van der Waals surface area contributed by atoms with Gasteiger partial charge in [-0.15, -0.1) is 0 Å². The lowest BCUT2D eigenvalue weighted by atomic mass is 9.68. The van der Waals surface area contributed by atoms with Crippen molar-refractivity contribution in [1.82, 2.24) is 10.6 Å². The van der Waals surface area contributed by atoms with Crippen molar-refractivity contribution in [2.24, 2.45) is 11.7 Å². The van der Waals surface area contributed by atoms with Crippen LogP contribution in [0.4, 0.5) is 4.79 Å². The summed E-state index contributed by atoms with van der Waals surface area (Å²) in [6.07, 6.45) is 3.38. The van der Waals surface area contributed by atoms with E-state index >= 15 is 0 Å². The summed E-state index contributed by atoms with van der Waals surface area (Å²) in [5.41, 5.74) is 5.87. The Labute approximate surface area is 178 Å². The molecule has 2 heterocycles. The summed E-state index contributed by atoms with van der Waals surface area (Å²) < 4.78 is 23.6. The van der Waals surface area contributed by atoms with Gasteiger partial charge in [0.1, 0.15) is 23.4 Å². The fraction of sp³-hybridized carbons (Fsp3) is 0.810. The van der Waals surface area contributed by atoms with Crippen molar-refractivity contribution in [2.45, 2.75) is 69.5 Å². The maximum absolute atomic E-state index is 12.3. The van der Waals surface area contributed by atoms with Crippen LogP contribution in [0, 0.1) is 5.92 Å². The zero-order valence-corrected chi connectivity index (χ0v) is 18.4. The molecule has 170 valence electrons. The van der Waals surface area contributed by atoms with E-state index in [1.54, 1.807) is 7.11 Å². The summed E-state index contributed by atoms with van der Waals surface area (Å²) in [4.78, 5) is 23.4. The molecule has 2 saturated heterocycles. The minimum absolute atomic E-state index is 0.0130. The molecule has 1 saturated carbocycles. The number of amides is 2. The number of rotatable bonds is 9. The second-order valence-corrected chi connectivity index (χ2v) is 8.80. The minimum Gasteiger partial charge on any atom is -0.443 e. The third-order valence-corrected chi connectivity index (χ3v) is 6.40. The molecule has 30 heavy (non-hydrogen) atoms. The molecular weight excluding hydrogens is 390 g/mol. The van der Waals surface area contributed by atoms with Crippen LogP contribution in [0.1, 0.15) is 40.0 Å². The van der Waals surface area contributed by atoms with Gasteiger partial charge in [0.25, 0.3) is 0 Å². The van der Waals surface area contributed by atoms with Crippen molar-refractivity contribution in [3.05, 3.63) is 11.6 Å². The summed E-state index contributed by atoms with van der Waals surface area (Å²) in [6.45, 7) is 7.42. The highest BCUT2D eigenvalue weighted by molar-refractivity contribution is 5.77. The van der Waals surface area contributed by atoms with E-state index in [1.807, 2.05) is 0 Å². The molecule has 0 radical (unpaired) electrons. The van der Waals surface area contributed by atoms with Gasteiger partial charge in [-0.3, -0.25) is 4.79 Å². The monoisotopic (exact) mass is 425 g/mol. The molecule has 4 N–H and O–H groups in total. The Hall–Kier alpha value is -1.68. The molecule has 3 fully saturated rings. The SMILES string of the molecule is COC1C(OC(=O)NCCNC(=O)CN)CC[C@]2(CO2)C1C1(C)O[C@@H]1CC=C(C)C. The van der Waals surface area contributed by atoms with Crippen LogP contribution in [-0.2, 0) is 23.7 Å². The highest BCUT2D eigenvalue weighted by Gasteiger charge is 2.72. The molecule has 0 aromatic heterocycles. The third-order valence-electron chi connectivity index (χ3n) is 6.40. The summed E-state index contributed by atoms with van der Waals surface area (Å²) in [5, 5.41) is 5.25. The largest absolute Gasteiger partial charge is 0.443 e. The van der Waals surface area contributed by atoms with Crippen LogP contribution in [0.15, 0.2) is 11.6 Å². The van der Waals surface area contributed by atoms with Crippen LogP contribution >= 0.6 is 0 Å². The standard InChI is InChI=1S/C21H35N3O6/c1-13(2)5-6-15-20(3,30-15)18-17(27-4)14(7-8-21(18)12-28-21)29-19(26)24-10-9-23-16(25)11-22/h5,14-15,17-18H,6-12,22H2,1-4H3,(H,23,25)(H,24,26)/t14?,15-,17?,18?,20?,21+/m1/s1. The lowest BCUT2D eigenvalue weighted by molar-refractivity contribution is -0.119. The van der Waals surface area contributed by atoms with Crippen molar-refractivity contribution in [1.29, 1.82) is 0 Å². The average molecular weight is 426 g/mol. The Morgan fingerprint density at radius 1 is 1.27 bits per heavy atom. The number of hydrogen-bond acceptors (Lipinski definition) is 7. The van der Waals surface area contributed by atoms with E-state index in [1.165, 1.54) is 5.57 Å². The molecule has 9 nitrogen and oxygen atoms in total. The first kappa shape index (κ1) is 23.0. The van der Waals surface area contributed by atoms with Crippen LogP contribution in [0.3, 0.4) is 0 Å². The Bertz CT molecular complexity index is 676. The van der Waals surface area contributed by atoms with E-state index in [0.717, 1.165) is 12.8 Å². The Morgan fingerprint density at radius 2 is 1.97 bits per heavy atom. The molecule has 2 amide bonds. The predicted molar refractivity (Wildman–Crippen MR) is 110 cm³/mol. The molecule has 0 aromatic rings. The number of methoxy groups -OCH3 is 1. The van der Waals surface area contributed by atoms with Gasteiger partial charge in [-0.1, -0.05) is 11.6 Å².